The summed E-state index contributed by atoms with van der Waals surface area (Å²) in [6, 6.07) is 12.9. The highest BCUT2D eigenvalue weighted by molar-refractivity contribution is 6.74. The van der Waals surface area contributed by atoms with E-state index in [1.165, 1.54) is 0 Å². The fraction of sp³-hybridized carbons (Fsp3) is 0.438. The van der Waals surface area contributed by atoms with Crippen LogP contribution in [0.25, 0.3) is 11.3 Å². The molecule has 1 atom stereocenters. The van der Waals surface area contributed by atoms with Crippen LogP contribution in [0.2, 0.25) is 28.2 Å². The maximum absolute atomic E-state index is 13.5. The molecule has 1 unspecified atom stereocenters. The van der Waals surface area contributed by atoms with Crippen LogP contribution in [-0.2, 0) is 14.6 Å². The van der Waals surface area contributed by atoms with Gasteiger partial charge < -0.3 is 14.5 Å². The van der Waals surface area contributed by atoms with E-state index >= 15 is 0 Å². The number of halogens is 2. The van der Waals surface area contributed by atoms with Crippen LogP contribution in [0, 0.1) is 11.3 Å². The Hall–Kier alpha value is -3.16. The van der Waals surface area contributed by atoms with Crippen molar-refractivity contribution >= 4 is 54.9 Å². The minimum absolute atomic E-state index is 0.00550. The van der Waals surface area contributed by atoms with Crippen molar-refractivity contribution in [3.63, 3.8) is 0 Å². The molecule has 43 heavy (non-hydrogen) atoms. The summed E-state index contributed by atoms with van der Waals surface area (Å²) in [7, 11) is -2.13. The van der Waals surface area contributed by atoms with Gasteiger partial charge in [0.25, 0.3) is 0 Å². The summed E-state index contributed by atoms with van der Waals surface area (Å²) in [5.41, 5.74) is 2.29. The second-order valence-corrected chi connectivity index (χ2v) is 19.4. The van der Waals surface area contributed by atoms with Crippen LogP contribution in [0.3, 0.4) is 0 Å². The Morgan fingerprint density at radius 3 is 2.47 bits per heavy atom. The fourth-order valence-corrected chi connectivity index (χ4v) is 6.03. The van der Waals surface area contributed by atoms with Crippen molar-refractivity contribution < 1.29 is 14.0 Å². The van der Waals surface area contributed by atoms with Gasteiger partial charge >= 0.3 is 6.09 Å². The zero-order valence-corrected chi connectivity index (χ0v) is 28.7. The average molecular weight is 641 g/mol. The number of nitrogens with one attached hydrogen (secondary N) is 1. The van der Waals surface area contributed by atoms with Gasteiger partial charge in [0.05, 0.1) is 27.7 Å². The summed E-state index contributed by atoms with van der Waals surface area (Å²) in [6.07, 6.45) is 1.13. The fourth-order valence-electron chi connectivity index (χ4n) is 4.58. The molecule has 4 rings (SSSR count). The number of aromatic nitrogens is 2. The number of carbonyl (C=O) groups is 1. The van der Waals surface area contributed by atoms with Gasteiger partial charge in [0.2, 0.25) is 5.95 Å². The predicted molar refractivity (Wildman–Crippen MR) is 176 cm³/mol. The van der Waals surface area contributed by atoms with Gasteiger partial charge in [-0.2, -0.15) is 5.26 Å². The summed E-state index contributed by atoms with van der Waals surface area (Å²) >= 11 is 12.5. The zero-order chi connectivity index (χ0) is 32.0. The van der Waals surface area contributed by atoms with Gasteiger partial charge in [-0.25, -0.2) is 14.8 Å². The van der Waals surface area contributed by atoms with E-state index in [4.69, 9.17) is 37.3 Å². The molecule has 1 aliphatic rings. The van der Waals surface area contributed by atoms with E-state index in [2.05, 4.69) is 57.2 Å². The third kappa shape index (κ3) is 7.15. The molecule has 0 saturated carbocycles. The molecule has 228 valence electrons. The molecule has 2 aromatic carbocycles. The van der Waals surface area contributed by atoms with E-state index in [0.717, 1.165) is 5.56 Å². The standard InChI is InChI=1S/C32H39Cl2N5O3Si/c1-30(2,3)42-29(40)39-18-32(7,19-41-43(8,9)31(4,5)6)23-15-20(14-21(17-35)27(23)39)25-12-13-36-28(37-25)38-26-16-22(33)10-11-24(26)34/h10-16H,18-19H2,1-9H3,(H,36,37,38). The third-order valence-corrected chi connectivity index (χ3v) is 13.0. The van der Waals surface area contributed by atoms with Crippen LogP contribution in [0.1, 0.15) is 59.6 Å². The number of benzene rings is 2. The van der Waals surface area contributed by atoms with Crippen LogP contribution in [0.15, 0.2) is 42.6 Å². The largest absolute Gasteiger partial charge is 0.443 e. The molecule has 0 spiro atoms. The normalized spacial score (nSPS) is 16.9. The van der Waals surface area contributed by atoms with Crippen molar-refractivity contribution in [1.29, 1.82) is 5.26 Å². The Balaban J connectivity index is 1.80. The van der Waals surface area contributed by atoms with E-state index in [0.29, 0.717) is 57.3 Å². The van der Waals surface area contributed by atoms with Crippen molar-refractivity contribution in [2.75, 3.05) is 23.4 Å². The van der Waals surface area contributed by atoms with Gasteiger partial charge in [0, 0.05) is 35.3 Å². The maximum Gasteiger partial charge on any atom is 0.414 e. The van der Waals surface area contributed by atoms with Crippen molar-refractivity contribution in [3.05, 3.63) is 63.8 Å². The summed E-state index contributed by atoms with van der Waals surface area (Å²) in [6.45, 7) is 19.2. The minimum atomic E-state index is -2.13. The van der Waals surface area contributed by atoms with Gasteiger partial charge in [0.1, 0.15) is 11.7 Å². The molecule has 3 aromatic rings. The van der Waals surface area contributed by atoms with E-state index in [1.54, 1.807) is 41.4 Å². The molecular weight excluding hydrogens is 601 g/mol. The Bertz CT molecular complexity index is 1590. The van der Waals surface area contributed by atoms with Gasteiger partial charge in [-0.1, -0.05) is 50.9 Å². The number of anilines is 3. The summed E-state index contributed by atoms with van der Waals surface area (Å²) in [4.78, 5) is 24.1. The first kappa shape index (κ1) is 32.7. The van der Waals surface area contributed by atoms with E-state index < -0.39 is 25.4 Å². The molecular formula is C32H39Cl2N5O3Si. The lowest BCUT2D eigenvalue weighted by Gasteiger charge is -2.39. The Kier molecular flexibility index (Phi) is 8.94. The van der Waals surface area contributed by atoms with Gasteiger partial charge in [0.15, 0.2) is 8.32 Å². The quantitative estimate of drug-likeness (QED) is 0.268. The number of hydrogen-bond acceptors (Lipinski definition) is 7. The molecule has 0 aliphatic carbocycles. The number of fused-ring (bicyclic) bond motifs is 1. The maximum atomic E-state index is 13.5. The number of carbonyl (C=O) groups excluding carboxylic acids is 1. The average Bonchev–Trinajstić information content (AvgIpc) is 3.21. The van der Waals surface area contributed by atoms with Gasteiger partial charge in [-0.15, -0.1) is 0 Å². The number of amides is 1. The molecule has 11 heteroatoms. The Labute approximate surface area is 265 Å². The minimum Gasteiger partial charge on any atom is -0.443 e. The highest BCUT2D eigenvalue weighted by Gasteiger charge is 2.47. The van der Waals surface area contributed by atoms with Crippen molar-refractivity contribution in [3.8, 4) is 17.3 Å². The highest BCUT2D eigenvalue weighted by atomic mass is 35.5. The number of ether oxygens (including phenoxy) is 1. The number of hydrogen-bond donors (Lipinski definition) is 1. The summed E-state index contributed by atoms with van der Waals surface area (Å²) in [5.74, 6) is 0.320. The molecule has 0 fully saturated rings. The molecule has 8 nitrogen and oxygen atoms in total. The monoisotopic (exact) mass is 639 g/mol. The Morgan fingerprint density at radius 2 is 1.84 bits per heavy atom. The van der Waals surface area contributed by atoms with E-state index in [1.807, 2.05) is 26.8 Å². The topological polar surface area (TPSA) is 100 Å². The van der Waals surface area contributed by atoms with Crippen LogP contribution in [-0.4, -0.2) is 43.1 Å². The first-order chi connectivity index (χ1) is 19.8. The Morgan fingerprint density at radius 1 is 1.14 bits per heavy atom. The number of nitriles is 1. The lowest BCUT2D eigenvalue weighted by atomic mass is 9.83. The smallest absolute Gasteiger partial charge is 0.414 e. The first-order valence-electron chi connectivity index (χ1n) is 14.1. The van der Waals surface area contributed by atoms with Crippen LogP contribution < -0.4 is 10.2 Å². The lowest BCUT2D eigenvalue weighted by Crippen LogP contribution is -2.46. The molecule has 1 N–H and O–H groups in total. The number of nitrogens with zero attached hydrogens (tertiary/aromatic N) is 4. The molecule has 0 saturated heterocycles. The predicted octanol–water partition coefficient (Wildman–Crippen LogP) is 9.10. The second kappa shape index (κ2) is 11.7. The first-order valence-corrected chi connectivity index (χ1v) is 17.8. The molecule has 1 amide bonds. The van der Waals surface area contributed by atoms with Crippen molar-refractivity contribution in [2.45, 2.75) is 77.6 Å². The van der Waals surface area contributed by atoms with E-state index in [-0.39, 0.29) is 5.04 Å². The lowest BCUT2D eigenvalue weighted by molar-refractivity contribution is 0.0575. The second-order valence-electron chi connectivity index (χ2n) is 13.7. The number of rotatable bonds is 6. The molecule has 0 bridgehead atoms. The molecule has 0 radical (unpaired) electrons. The highest BCUT2D eigenvalue weighted by Crippen LogP contribution is 2.47. The molecule has 1 aromatic heterocycles. The third-order valence-electron chi connectivity index (χ3n) is 7.96. The van der Waals surface area contributed by atoms with Crippen molar-refractivity contribution in [1.82, 2.24) is 9.97 Å². The zero-order valence-electron chi connectivity index (χ0n) is 26.2. The molecule has 2 heterocycles. The van der Waals surface area contributed by atoms with Crippen LogP contribution in [0.5, 0.6) is 0 Å². The van der Waals surface area contributed by atoms with Crippen LogP contribution in [0.4, 0.5) is 22.1 Å². The van der Waals surface area contributed by atoms with Gasteiger partial charge in [-0.3, -0.25) is 4.90 Å². The van der Waals surface area contributed by atoms with E-state index in [9.17, 15) is 10.1 Å². The molecule has 1 aliphatic heterocycles. The van der Waals surface area contributed by atoms with Crippen molar-refractivity contribution in [2.24, 2.45) is 0 Å². The van der Waals surface area contributed by atoms with Crippen LogP contribution >= 0.6 is 23.2 Å². The van der Waals surface area contributed by atoms with Gasteiger partial charge in [-0.05, 0) is 80.9 Å². The summed E-state index contributed by atoms with van der Waals surface area (Å²) in [5, 5.41) is 14.5. The summed E-state index contributed by atoms with van der Waals surface area (Å²) < 4.78 is 12.5. The SMILES string of the molecule is CC(C)(C)OC(=O)N1CC(C)(CO[Si](C)(C)C(C)(C)C)c2cc(-c3ccnc(Nc4cc(Cl)ccc4Cl)n3)cc(C#N)c21.